The van der Waals surface area contributed by atoms with Crippen LogP contribution in [0.5, 0.6) is 0 Å². The molecule has 0 aliphatic rings. The zero-order valence-electron chi connectivity index (χ0n) is 11.8. The molecule has 0 spiro atoms. The molecule has 1 rings (SSSR count). The monoisotopic (exact) mass is 287 g/mol. The molecule has 0 aromatic heterocycles. The molecule has 0 saturated heterocycles. The lowest BCUT2D eigenvalue weighted by molar-refractivity contribution is -0.117. The first-order valence-corrected chi connectivity index (χ1v) is 7.64. The molecule has 0 radical (unpaired) electrons. The fourth-order valence-corrected chi connectivity index (χ4v) is 3.12. The summed E-state index contributed by atoms with van der Waals surface area (Å²) in [5, 5.41) is 0.205. The largest absolute Gasteiger partial charge is 0.370 e. The molecule has 0 bridgehead atoms. The third-order valence-corrected chi connectivity index (χ3v) is 4.11. The SMILES string of the molecule is C=C/C=C\C(=C/C)C(SCCC(N)=O)c1ccccc1. The average Bonchev–Trinajstić information content (AvgIpc) is 2.46. The predicted molar refractivity (Wildman–Crippen MR) is 88.5 cm³/mol. The topological polar surface area (TPSA) is 43.1 Å². The summed E-state index contributed by atoms with van der Waals surface area (Å²) in [6.45, 7) is 5.72. The number of thioether (sulfide) groups is 1. The van der Waals surface area contributed by atoms with E-state index in [0.29, 0.717) is 12.2 Å². The van der Waals surface area contributed by atoms with Crippen LogP contribution < -0.4 is 5.73 Å². The minimum absolute atomic E-state index is 0.205. The average molecular weight is 287 g/mol. The molecule has 0 saturated carbocycles. The molecule has 0 fully saturated rings. The third kappa shape index (κ3) is 5.49. The Morgan fingerprint density at radius 2 is 2.10 bits per heavy atom. The first-order chi connectivity index (χ1) is 9.69. The van der Waals surface area contributed by atoms with Crippen LogP contribution in [0.4, 0.5) is 0 Å². The van der Waals surface area contributed by atoms with Crippen molar-refractivity contribution in [3.63, 3.8) is 0 Å². The van der Waals surface area contributed by atoms with E-state index in [4.69, 9.17) is 5.73 Å². The highest BCUT2D eigenvalue weighted by Crippen LogP contribution is 2.36. The summed E-state index contributed by atoms with van der Waals surface area (Å²) in [7, 11) is 0. The van der Waals surface area contributed by atoms with Crippen molar-refractivity contribution in [2.75, 3.05) is 5.75 Å². The number of hydrogen-bond acceptors (Lipinski definition) is 2. The van der Waals surface area contributed by atoms with E-state index in [1.165, 1.54) is 11.1 Å². The molecule has 20 heavy (non-hydrogen) atoms. The van der Waals surface area contributed by atoms with Gasteiger partial charge in [-0.3, -0.25) is 4.79 Å². The van der Waals surface area contributed by atoms with Gasteiger partial charge in [-0.25, -0.2) is 0 Å². The number of rotatable bonds is 8. The minimum atomic E-state index is -0.257. The Labute approximate surface area is 125 Å². The Hall–Kier alpha value is -1.74. The van der Waals surface area contributed by atoms with Gasteiger partial charge in [0.1, 0.15) is 0 Å². The molecule has 1 unspecified atom stereocenters. The standard InChI is InChI=1S/C17H21NOS/c1-3-5-9-14(4-2)17(20-13-12-16(18)19)15-10-7-6-8-11-15/h3-11,17H,1,12-13H2,2H3,(H2,18,19)/b9-5-,14-4+. The number of hydrogen-bond donors (Lipinski definition) is 1. The van der Waals surface area contributed by atoms with Crippen LogP contribution in [0.3, 0.4) is 0 Å². The zero-order chi connectivity index (χ0) is 14.8. The summed E-state index contributed by atoms with van der Waals surface area (Å²) in [4.78, 5) is 10.9. The van der Waals surface area contributed by atoms with Crippen molar-refractivity contribution in [1.29, 1.82) is 0 Å². The summed E-state index contributed by atoms with van der Waals surface area (Å²) >= 11 is 1.73. The third-order valence-electron chi connectivity index (χ3n) is 2.80. The smallest absolute Gasteiger partial charge is 0.218 e. The first-order valence-electron chi connectivity index (χ1n) is 6.59. The zero-order valence-corrected chi connectivity index (χ0v) is 12.6. The summed E-state index contributed by atoms with van der Waals surface area (Å²) in [5.41, 5.74) is 7.64. The molecule has 1 amide bonds. The van der Waals surface area contributed by atoms with Crippen molar-refractivity contribution in [3.8, 4) is 0 Å². The second-order valence-corrected chi connectivity index (χ2v) is 5.47. The number of amides is 1. The van der Waals surface area contributed by atoms with Gasteiger partial charge in [-0.1, -0.05) is 61.2 Å². The van der Waals surface area contributed by atoms with E-state index in [1.54, 1.807) is 17.8 Å². The molecule has 3 heteroatoms. The molecular weight excluding hydrogens is 266 g/mol. The highest BCUT2D eigenvalue weighted by atomic mass is 32.2. The Kier molecular flexibility index (Phi) is 7.51. The Morgan fingerprint density at radius 1 is 1.40 bits per heavy atom. The minimum Gasteiger partial charge on any atom is -0.370 e. The van der Waals surface area contributed by atoms with Crippen molar-refractivity contribution in [1.82, 2.24) is 0 Å². The molecule has 0 aliphatic carbocycles. The van der Waals surface area contributed by atoms with Crippen LogP contribution in [0, 0.1) is 0 Å². The molecule has 1 aromatic rings. The van der Waals surface area contributed by atoms with Crippen molar-refractivity contribution >= 4 is 17.7 Å². The normalized spacial score (nSPS) is 13.3. The van der Waals surface area contributed by atoms with E-state index in [-0.39, 0.29) is 11.2 Å². The van der Waals surface area contributed by atoms with Crippen LogP contribution in [0.1, 0.15) is 24.2 Å². The van der Waals surface area contributed by atoms with Gasteiger partial charge >= 0.3 is 0 Å². The Morgan fingerprint density at radius 3 is 2.65 bits per heavy atom. The van der Waals surface area contributed by atoms with Gasteiger partial charge < -0.3 is 5.73 Å². The second kappa shape index (κ2) is 9.21. The molecular formula is C17H21NOS. The predicted octanol–water partition coefficient (Wildman–Crippen LogP) is 4.02. The van der Waals surface area contributed by atoms with Crippen LogP contribution in [0.2, 0.25) is 0 Å². The van der Waals surface area contributed by atoms with Crippen LogP contribution in [0.25, 0.3) is 0 Å². The summed E-state index contributed by atoms with van der Waals surface area (Å²) in [6.07, 6.45) is 8.24. The fraction of sp³-hybridized carbons (Fsp3) is 0.235. The molecule has 0 aliphatic heterocycles. The van der Waals surface area contributed by atoms with Gasteiger partial charge in [-0.05, 0) is 18.1 Å². The van der Waals surface area contributed by atoms with Crippen LogP contribution in [0.15, 0.2) is 66.8 Å². The maximum Gasteiger partial charge on any atom is 0.218 e. The van der Waals surface area contributed by atoms with Crippen LogP contribution in [-0.2, 0) is 4.79 Å². The number of nitrogens with two attached hydrogens (primary N) is 1. The van der Waals surface area contributed by atoms with E-state index in [1.807, 2.05) is 31.2 Å². The van der Waals surface area contributed by atoms with Gasteiger partial charge in [0.15, 0.2) is 0 Å². The highest BCUT2D eigenvalue weighted by Gasteiger charge is 2.15. The summed E-state index contributed by atoms with van der Waals surface area (Å²) in [5.74, 6) is 0.460. The van der Waals surface area contributed by atoms with Crippen LogP contribution >= 0.6 is 11.8 Å². The van der Waals surface area contributed by atoms with Crippen molar-refractivity contribution in [3.05, 3.63) is 72.4 Å². The fourth-order valence-electron chi connectivity index (χ4n) is 1.80. The van der Waals surface area contributed by atoms with E-state index < -0.39 is 0 Å². The summed E-state index contributed by atoms with van der Waals surface area (Å²) < 4.78 is 0. The van der Waals surface area contributed by atoms with E-state index >= 15 is 0 Å². The molecule has 2 N–H and O–H groups in total. The number of carbonyl (C=O) groups excluding carboxylic acids is 1. The van der Waals surface area contributed by atoms with Gasteiger partial charge in [0, 0.05) is 12.2 Å². The summed E-state index contributed by atoms with van der Waals surface area (Å²) in [6, 6.07) is 10.3. The lowest BCUT2D eigenvalue weighted by Crippen LogP contribution is -2.11. The molecule has 1 atom stereocenters. The van der Waals surface area contributed by atoms with E-state index in [0.717, 1.165) is 0 Å². The molecule has 2 nitrogen and oxygen atoms in total. The first kappa shape index (κ1) is 16.3. The molecule has 106 valence electrons. The Bertz CT molecular complexity index is 491. The number of carbonyl (C=O) groups is 1. The quantitative estimate of drug-likeness (QED) is 0.734. The van der Waals surface area contributed by atoms with Gasteiger partial charge in [-0.15, -0.1) is 11.8 Å². The maximum atomic E-state index is 10.9. The lowest BCUT2D eigenvalue weighted by Gasteiger charge is -2.18. The highest BCUT2D eigenvalue weighted by molar-refractivity contribution is 7.99. The second-order valence-electron chi connectivity index (χ2n) is 4.26. The number of primary amides is 1. The van der Waals surface area contributed by atoms with Crippen LogP contribution in [-0.4, -0.2) is 11.7 Å². The van der Waals surface area contributed by atoms with Crippen molar-refractivity contribution in [2.24, 2.45) is 5.73 Å². The van der Waals surface area contributed by atoms with Gasteiger partial charge in [-0.2, -0.15) is 0 Å². The van der Waals surface area contributed by atoms with E-state index in [2.05, 4.69) is 30.9 Å². The van der Waals surface area contributed by atoms with Crippen molar-refractivity contribution < 1.29 is 4.79 Å². The van der Waals surface area contributed by atoms with Gasteiger partial charge in [0.05, 0.1) is 5.25 Å². The van der Waals surface area contributed by atoms with E-state index in [9.17, 15) is 4.79 Å². The maximum absolute atomic E-state index is 10.9. The van der Waals surface area contributed by atoms with Gasteiger partial charge in [0.25, 0.3) is 0 Å². The number of allylic oxidation sites excluding steroid dienone is 4. The van der Waals surface area contributed by atoms with Gasteiger partial charge in [0.2, 0.25) is 5.91 Å². The molecule has 0 heterocycles. The van der Waals surface area contributed by atoms with Crippen molar-refractivity contribution in [2.45, 2.75) is 18.6 Å². The lowest BCUT2D eigenvalue weighted by atomic mass is 10.0. The molecule has 1 aromatic carbocycles. The number of benzene rings is 1. The Balaban J connectivity index is 2.91.